The molecular weight excluding hydrogens is 275 g/mol. The Morgan fingerprint density at radius 3 is 1.81 bits per heavy atom. The molecule has 0 amide bonds. The van der Waals surface area contributed by atoms with Gasteiger partial charge in [-0.25, -0.2) is 0 Å². The summed E-state index contributed by atoms with van der Waals surface area (Å²) < 4.78 is 0. The van der Waals surface area contributed by atoms with Crippen molar-refractivity contribution in [1.29, 1.82) is 0 Å². The first kappa shape index (κ1) is 14.1. The second kappa shape index (κ2) is 7.35. The fraction of sp³-hybridized carbons (Fsp3) is 0.231. The van der Waals surface area contributed by atoms with Crippen molar-refractivity contribution in [2.75, 3.05) is 0 Å². The van der Waals surface area contributed by atoms with E-state index in [0.717, 1.165) is 0 Å². The van der Waals surface area contributed by atoms with Crippen molar-refractivity contribution < 1.29 is 17.0 Å². The summed E-state index contributed by atoms with van der Waals surface area (Å²) in [6.45, 7) is 4.30. The van der Waals surface area contributed by atoms with Gasteiger partial charge in [0.05, 0.1) is 0 Å². The molecule has 16 heavy (non-hydrogen) atoms. The minimum atomic E-state index is -0.556. The molecule has 84 valence electrons. The van der Waals surface area contributed by atoms with E-state index in [0.29, 0.717) is 5.92 Å². The number of benzene rings is 1. The Bertz CT molecular complexity index is 365. The van der Waals surface area contributed by atoms with Crippen LogP contribution >= 0.6 is 18.6 Å². The molecule has 0 bridgehead atoms. The number of hydrogen-bond acceptors (Lipinski definition) is 0. The van der Waals surface area contributed by atoms with Crippen LogP contribution in [0.25, 0.3) is 0 Å². The number of hydrogen-bond donors (Lipinski definition) is 0. The molecular formula is C13H14Cl2Ti. The second-order valence-corrected chi connectivity index (χ2v) is 6.37. The molecule has 0 radical (unpaired) electrons. The molecule has 0 heterocycles. The van der Waals surface area contributed by atoms with Gasteiger partial charge in [0, 0.05) is 5.92 Å². The van der Waals surface area contributed by atoms with Crippen LogP contribution < -0.4 is 0 Å². The van der Waals surface area contributed by atoms with Crippen molar-refractivity contribution in [1.82, 2.24) is 0 Å². The van der Waals surface area contributed by atoms with Gasteiger partial charge >= 0.3 is 35.6 Å². The molecule has 1 aliphatic carbocycles. The van der Waals surface area contributed by atoms with Crippen LogP contribution in [0, 0.1) is 13.8 Å². The predicted molar refractivity (Wildman–Crippen MR) is 68.6 cm³/mol. The van der Waals surface area contributed by atoms with Gasteiger partial charge in [-0.05, 0) is 19.4 Å². The fourth-order valence-electron chi connectivity index (χ4n) is 1.86. The first-order valence-corrected chi connectivity index (χ1v) is 9.36. The Balaban J connectivity index is 0.000000386. The van der Waals surface area contributed by atoms with Crippen LogP contribution in [-0.4, -0.2) is 0 Å². The van der Waals surface area contributed by atoms with Gasteiger partial charge in [-0.1, -0.05) is 53.6 Å². The molecule has 0 saturated heterocycles. The van der Waals surface area contributed by atoms with Crippen LogP contribution in [0.15, 0.2) is 42.5 Å². The first-order chi connectivity index (χ1) is 7.67. The Labute approximate surface area is 114 Å². The van der Waals surface area contributed by atoms with Gasteiger partial charge in [0.2, 0.25) is 0 Å². The summed E-state index contributed by atoms with van der Waals surface area (Å²) in [5, 5.41) is 0. The first-order valence-electron chi connectivity index (χ1n) is 5.07. The summed E-state index contributed by atoms with van der Waals surface area (Å²) in [6.07, 6.45) is 8.69. The average Bonchev–Trinajstić information content (AvgIpc) is 2.69. The molecule has 0 spiro atoms. The van der Waals surface area contributed by atoms with Crippen LogP contribution in [0.2, 0.25) is 0 Å². The van der Waals surface area contributed by atoms with E-state index in [2.05, 4.69) is 56.4 Å². The summed E-state index contributed by atoms with van der Waals surface area (Å²) in [4.78, 5) is 0. The molecule has 0 aromatic heterocycles. The zero-order valence-corrected chi connectivity index (χ0v) is 12.4. The predicted octanol–water partition coefficient (Wildman–Crippen LogP) is 4.89. The molecule has 2 rings (SSSR count). The van der Waals surface area contributed by atoms with Gasteiger partial charge in [0.15, 0.2) is 0 Å². The van der Waals surface area contributed by atoms with Gasteiger partial charge in [0.25, 0.3) is 0 Å². The van der Waals surface area contributed by atoms with Crippen LogP contribution in [0.4, 0.5) is 0 Å². The van der Waals surface area contributed by atoms with E-state index in [1.165, 1.54) is 16.7 Å². The van der Waals surface area contributed by atoms with E-state index < -0.39 is 17.0 Å². The number of aryl methyl sites for hydroxylation is 2. The maximum absolute atomic E-state index is 4.89. The minimum absolute atomic E-state index is 0.499. The zero-order chi connectivity index (χ0) is 12.0. The van der Waals surface area contributed by atoms with Crippen LogP contribution in [0.5, 0.6) is 0 Å². The zero-order valence-electron chi connectivity index (χ0n) is 9.37. The monoisotopic (exact) mass is 288 g/mol. The average molecular weight is 289 g/mol. The summed E-state index contributed by atoms with van der Waals surface area (Å²) in [6, 6.07) is 6.74. The van der Waals surface area contributed by atoms with Gasteiger partial charge in [-0.15, -0.1) is 0 Å². The second-order valence-electron chi connectivity index (χ2n) is 3.79. The molecule has 0 atom stereocenters. The van der Waals surface area contributed by atoms with E-state index in [1.54, 1.807) is 0 Å². The molecule has 0 N–H and O–H groups in total. The third-order valence-corrected chi connectivity index (χ3v) is 2.38. The normalized spacial score (nSPS) is 13.5. The quantitative estimate of drug-likeness (QED) is 0.646. The molecule has 3 heteroatoms. The third-order valence-electron chi connectivity index (χ3n) is 2.38. The van der Waals surface area contributed by atoms with Crippen LogP contribution in [0.3, 0.4) is 0 Å². The Hall–Kier alpha value is -0.00571. The summed E-state index contributed by atoms with van der Waals surface area (Å²) in [7, 11) is 9.78. The Morgan fingerprint density at radius 1 is 0.938 bits per heavy atom. The fourth-order valence-corrected chi connectivity index (χ4v) is 1.86. The SMILES string of the molecule is Cc1cc(C)cc(C2C=CC=C2)c1.[Cl][Ti][Cl]. The third kappa shape index (κ3) is 4.47. The van der Waals surface area contributed by atoms with Crippen molar-refractivity contribution in [3.63, 3.8) is 0 Å². The number of halogens is 2. The van der Waals surface area contributed by atoms with Gasteiger partial charge in [-0.3, -0.25) is 0 Å². The Morgan fingerprint density at radius 2 is 1.38 bits per heavy atom. The van der Waals surface area contributed by atoms with E-state index >= 15 is 0 Å². The van der Waals surface area contributed by atoms with Gasteiger partial charge in [0.1, 0.15) is 0 Å². The molecule has 0 saturated carbocycles. The van der Waals surface area contributed by atoms with Crippen molar-refractivity contribution in [3.05, 3.63) is 59.2 Å². The van der Waals surface area contributed by atoms with E-state index in [9.17, 15) is 0 Å². The summed E-state index contributed by atoms with van der Waals surface area (Å²) in [5.41, 5.74) is 4.11. The molecule has 1 aromatic carbocycles. The van der Waals surface area contributed by atoms with Crippen molar-refractivity contribution in [2.45, 2.75) is 19.8 Å². The van der Waals surface area contributed by atoms with Crippen LogP contribution in [-0.2, 0) is 17.0 Å². The molecule has 0 unspecified atom stereocenters. The molecule has 1 aromatic rings. The van der Waals surface area contributed by atoms with E-state index in [-0.39, 0.29) is 0 Å². The molecule has 0 aliphatic heterocycles. The van der Waals surface area contributed by atoms with Gasteiger partial charge < -0.3 is 0 Å². The topological polar surface area (TPSA) is 0 Å². The van der Waals surface area contributed by atoms with E-state index in [1.807, 2.05) is 0 Å². The Kier molecular flexibility index (Phi) is 6.45. The van der Waals surface area contributed by atoms with Crippen molar-refractivity contribution >= 4 is 18.6 Å². The number of allylic oxidation sites excluding steroid dienone is 4. The summed E-state index contributed by atoms with van der Waals surface area (Å²) >= 11 is -0.556. The van der Waals surface area contributed by atoms with Gasteiger partial charge in [-0.2, -0.15) is 0 Å². The standard InChI is InChI=1S/C13H14.2ClH.Ti/c1-10-7-11(2)9-13(8-10)12-5-3-4-6-12;;;/h3-9,12H,1-2H3;2*1H;/q;;;+2/p-2. The molecule has 0 nitrogen and oxygen atoms in total. The summed E-state index contributed by atoms with van der Waals surface area (Å²) in [5.74, 6) is 0.499. The van der Waals surface area contributed by atoms with E-state index in [4.69, 9.17) is 18.6 Å². The number of rotatable bonds is 1. The molecule has 1 aliphatic rings. The van der Waals surface area contributed by atoms with Crippen LogP contribution in [0.1, 0.15) is 22.6 Å². The van der Waals surface area contributed by atoms with Crippen molar-refractivity contribution in [3.8, 4) is 0 Å². The van der Waals surface area contributed by atoms with Crippen molar-refractivity contribution in [2.24, 2.45) is 0 Å². The maximum atomic E-state index is 4.89. The molecule has 0 fully saturated rings.